The first kappa shape index (κ1) is 15.3. The Kier molecular flexibility index (Phi) is 4.47. The van der Waals surface area contributed by atoms with E-state index < -0.39 is 23.6 Å². The largest absolute Gasteiger partial charge is 0.492 e. The molecule has 0 amide bonds. The molecule has 0 radical (unpaired) electrons. The van der Waals surface area contributed by atoms with Crippen molar-refractivity contribution in [3.63, 3.8) is 0 Å². The number of halogens is 4. The molecule has 0 aliphatic carbocycles. The minimum absolute atomic E-state index is 0.0508. The fourth-order valence-electron chi connectivity index (χ4n) is 1.78. The number of hydrogen-bond donors (Lipinski definition) is 1. The summed E-state index contributed by atoms with van der Waals surface area (Å²) in [4.78, 5) is 0. The van der Waals surface area contributed by atoms with Crippen LogP contribution in [-0.2, 0) is 6.18 Å². The third-order valence-corrected chi connectivity index (χ3v) is 2.87. The SMILES string of the molecule is NC(COc1cccc(C(F)(F)F)c1)c1cccc(F)c1. The molecule has 0 aliphatic rings. The Labute approximate surface area is 119 Å². The van der Waals surface area contributed by atoms with Gasteiger partial charge in [-0.05, 0) is 35.9 Å². The summed E-state index contributed by atoms with van der Waals surface area (Å²) in [6.07, 6.45) is -4.43. The molecule has 0 aliphatic heterocycles. The lowest BCUT2D eigenvalue weighted by Gasteiger charge is -2.15. The summed E-state index contributed by atoms with van der Waals surface area (Å²) in [5.74, 6) is -0.362. The number of ether oxygens (including phenoxy) is 1. The highest BCUT2D eigenvalue weighted by Gasteiger charge is 2.30. The van der Waals surface area contributed by atoms with E-state index in [0.29, 0.717) is 5.56 Å². The Morgan fingerprint density at radius 2 is 1.76 bits per heavy atom. The summed E-state index contributed by atoms with van der Waals surface area (Å²) in [5, 5.41) is 0. The highest BCUT2D eigenvalue weighted by atomic mass is 19.4. The van der Waals surface area contributed by atoms with Gasteiger partial charge in [0.2, 0.25) is 0 Å². The second kappa shape index (κ2) is 6.13. The summed E-state index contributed by atoms with van der Waals surface area (Å²) in [7, 11) is 0. The van der Waals surface area contributed by atoms with Crippen LogP contribution in [0.15, 0.2) is 48.5 Å². The molecule has 1 atom stereocenters. The molecule has 6 heteroatoms. The highest BCUT2D eigenvalue weighted by molar-refractivity contribution is 5.30. The van der Waals surface area contributed by atoms with Crippen molar-refractivity contribution in [3.05, 3.63) is 65.5 Å². The summed E-state index contributed by atoms with van der Waals surface area (Å²) >= 11 is 0. The zero-order valence-corrected chi connectivity index (χ0v) is 10.9. The molecule has 0 spiro atoms. The molecule has 0 aromatic heterocycles. The minimum Gasteiger partial charge on any atom is -0.492 e. The molecular formula is C15H13F4NO. The van der Waals surface area contributed by atoms with Gasteiger partial charge in [0.15, 0.2) is 0 Å². The van der Waals surface area contributed by atoms with E-state index in [1.165, 1.54) is 30.3 Å². The summed E-state index contributed by atoms with van der Waals surface area (Å²) < 4.78 is 56.0. The van der Waals surface area contributed by atoms with Gasteiger partial charge in [-0.1, -0.05) is 18.2 Å². The van der Waals surface area contributed by atoms with Crippen molar-refractivity contribution in [1.29, 1.82) is 0 Å². The van der Waals surface area contributed by atoms with Crippen LogP contribution in [0.3, 0.4) is 0 Å². The number of hydrogen-bond acceptors (Lipinski definition) is 2. The third-order valence-electron chi connectivity index (χ3n) is 2.87. The molecule has 2 nitrogen and oxygen atoms in total. The molecule has 112 valence electrons. The summed E-state index contributed by atoms with van der Waals surface area (Å²) in [6.45, 7) is -0.0508. The van der Waals surface area contributed by atoms with E-state index in [1.807, 2.05) is 0 Å². The van der Waals surface area contributed by atoms with Gasteiger partial charge in [-0.25, -0.2) is 4.39 Å². The summed E-state index contributed by atoms with van der Waals surface area (Å²) in [5.41, 5.74) is 5.55. The van der Waals surface area contributed by atoms with Gasteiger partial charge in [-0.3, -0.25) is 0 Å². The van der Waals surface area contributed by atoms with E-state index in [9.17, 15) is 17.6 Å². The average molecular weight is 299 g/mol. The molecular weight excluding hydrogens is 286 g/mol. The normalized spacial score (nSPS) is 13.0. The molecule has 0 heterocycles. The highest BCUT2D eigenvalue weighted by Crippen LogP contribution is 2.31. The van der Waals surface area contributed by atoms with Crippen molar-refractivity contribution in [1.82, 2.24) is 0 Å². The van der Waals surface area contributed by atoms with Crippen LogP contribution in [0.2, 0.25) is 0 Å². The van der Waals surface area contributed by atoms with Crippen LogP contribution in [0.5, 0.6) is 5.75 Å². The average Bonchev–Trinajstić information content (AvgIpc) is 2.44. The van der Waals surface area contributed by atoms with Crippen molar-refractivity contribution in [2.75, 3.05) is 6.61 Å². The van der Waals surface area contributed by atoms with E-state index >= 15 is 0 Å². The van der Waals surface area contributed by atoms with Crippen molar-refractivity contribution >= 4 is 0 Å². The van der Waals surface area contributed by atoms with Gasteiger partial charge in [0, 0.05) is 0 Å². The predicted molar refractivity (Wildman–Crippen MR) is 70.3 cm³/mol. The first-order chi connectivity index (χ1) is 9.86. The molecule has 2 aromatic carbocycles. The Morgan fingerprint density at radius 3 is 2.43 bits per heavy atom. The fourth-order valence-corrected chi connectivity index (χ4v) is 1.78. The van der Waals surface area contributed by atoms with Crippen LogP contribution >= 0.6 is 0 Å². The molecule has 0 saturated heterocycles. The zero-order chi connectivity index (χ0) is 15.5. The molecule has 0 fully saturated rings. The first-order valence-corrected chi connectivity index (χ1v) is 6.17. The van der Waals surface area contributed by atoms with Crippen LogP contribution < -0.4 is 10.5 Å². The molecule has 21 heavy (non-hydrogen) atoms. The van der Waals surface area contributed by atoms with Crippen molar-refractivity contribution in [3.8, 4) is 5.75 Å². The van der Waals surface area contributed by atoms with Crippen LogP contribution in [0.1, 0.15) is 17.2 Å². The summed E-state index contributed by atoms with van der Waals surface area (Å²) in [6, 6.07) is 9.58. The van der Waals surface area contributed by atoms with E-state index in [1.54, 1.807) is 6.07 Å². The maximum absolute atomic E-state index is 13.1. The molecule has 2 rings (SSSR count). The van der Waals surface area contributed by atoms with E-state index in [0.717, 1.165) is 12.1 Å². The predicted octanol–water partition coefficient (Wildman–Crippen LogP) is 3.92. The molecule has 0 bridgehead atoms. The van der Waals surface area contributed by atoms with E-state index in [4.69, 9.17) is 10.5 Å². The topological polar surface area (TPSA) is 35.2 Å². The van der Waals surface area contributed by atoms with Gasteiger partial charge in [-0.15, -0.1) is 0 Å². The molecule has 2 N–H and O–H groups in total. The number of alkyl halides is 3. The van der Waals surface area contributed by atoms with Crippen LogP contribution in [0, 0.1) is 5.82 Å². The monoisotopic (exact) mass is 299 g/mol. The smallest absolute Gasteiger partial charge is 0.416 e. The van der Waals surface area contributed by atoms with E-state index in [2.05, 4.69) is 0 Å². The van der Waals surface area contributed by atoms with Gasteiger partial charge in [-0.2, -0.15) is 13.2 Å². The Bertz CT molecular complexity index is 613. The second-order valence-electron chi connectivity index (χ2n) is 4.50. The molecule has 0 saturated carbocycles. The maximum atomic E-state index is 13.1. The van der Waals surface area contributed by atoms with Gasteiger partial charge >= 0.3 is 6.18 Å². The van der Waals surface area contributed by atoms with Gasteiger partial charge in [0.25, 0.3) is 0 Å². The lowest BCUT2D eigenvalue weighted by Crippen LogP contribution is -2.19. The van der Waals surface area contributed by atoms with Crippen molar-refractivity contribution < 1.29 is 22.3 Å². The lowest BCUT2D eigenvalue weighted by molar-refractivity contribution is -0.137. The first-order valence-electron chi connectivity index (χ1n) is 6.17. The quantitative estimate of drug-likeness (QED) is 0.868. The van der Waals surface area contributed by atoms with E-state index in [-0.39, 0.29) is 12.4 Å². The Hall–Kier alpha value is -2.08. The van der Waals surface area contributed by atoms with Crippen LogP contribution in [0.25, 0.3) is 0 Å². The zero-order valence-electron chi connectivity index (χ0n) is 10.9. The van der Waals surface area contributed by atoms with Crippen molar-refractivity contribution in [2.45, 2.75) is 12.2 Å². The van der Waals surface area contributed by atoms with Gasteiger partial charge in [0.1, 0.15) is 18.2 Å². The van der Waals surface area contributed by atoms with Gasteiger partial charge in [0.05, 0.1) is 11.6 Å². The fraction of sp³-hybridized carbons (Fsp3) is 0.200. The maximum Gasteiger partial charge on any atom is 0.416 e. The molecule has 2 aromatic rings. The number of benzene rings is 2. The molecule has 1 unspecified atom stereocenters. The number of rotatable bonds is 4. The van der Waals surface area contributed by atoms with Crippen molar-refractivity contribution in [2.24, 2.45) is 5.73 Å². The minimum atomic E-state index is -4.43. The number of nitrogens with two attached hydrogens (primary N) is 1. The second-order valence-corrected chi connectivity index (χ2v) is 4.50. The van der Waals surface area contributed by atoms with Crippen LogP contribution in [-0.4, -0.2) is 6.61 Å². The van der Waals surface area contributed by atoms with Gasteiger partial charge < -0.3 is 10.5 Å². The standard InChI is InChI=1S/C15H13F4NO/c16-12-5-1-3-10(7-12)14(20)9-21-13-6-2-4-11(8-13)15(17,18)19/h1-8,14H,9,20H2. The Morgan fingerprint density at radius 1 is 1.05 bits per heavy atom. The van der Waals surface area contributed by atoms with Crippen LogP contribution in [0.4, 0.5) is 17.6 Å². The Balaban J connectivity index is 2.03. The third kappa shape index (κ3) is 4.19. The lowest BCUT2D eigenvalue weighted by atomic mass is 10.1.